The van der Waals surface area contributed by atoms with Crippen LogP contribution in [0.2, 0.25) is 10.0 Å². The van der Waals surface area contributed by atoms with Gasteiger partial charge in [0.1, 0.15) is 6.04 Å². The van der Waals surface area contributed by atoms with Crippen LogP contribution in [0.1, 0.15) is 17.9 Å². The van der Waals surface area contributed by atoms with Crippen LogP contribution in [0.5, 0.6) is 0 Å². The van der Waals surface area contributed by atoms with E-state index in [1.807, 2.05) is 30.3 Å². The van der Waals surface area contributed by atoms with Gasteiger partial charge in [0, 0.05) is 16.6 Å². The lowest BCUT2D eigenvalue weighted by Crippen LogP contribution is -2.40. The third kappa shape index (κ3) is 3.67. The summed E-state index contributed by atoms with van der Waals surface area (Å²) in [6, 6.07) is 12.1. The van der Waals surface area contributed by atoms with E-state index >= 15 is 0 Å². The Labute approximate surface area is 155 Å². The normalized spacial score (nSPS) is 21.4. The molecule has 2 aromatic rings. The van der Waals surface area contributed by atoms with E-state index in [1.54, 1.807) is 0 Å². The molecule has 132 valence electrons. The Morgan fingerprint density at radius 2 is 1.68 bits per heavy atom. The minimum Gasteiger partial charge on any atom is -0.480 e. The number of halogens is 2. The number of nitrogens with zero attached hydrogens (tertiary/aromatic N) is 1. The average Bonchev–Trinajstić information content (AvgIpc) is 3.01. The first-order valence-electron chi connectivity index (χ1n) is 7.54. The summed E-state index contributed by atoms with van der Waals surface area (Å²) in [6.45, 7) is 0.0907. The van der Waals surface area contributed by atoms with Crippen LogP contribution in [0.4, 0.5) is 0 Å². The molecule has 1 heterocycles. The van der Waals surface area contributed by atoms with Crippen LogP contribution in [0.25, 0.3) is 0 Å². The average molecular weight is 400 g/mol. The lowest BCUT2D eigenvalue weighted by atomic mass is 9.96. The Morgan fingerprint density at radius 3 is 2.24 bits per heavy atom. The first kappa shape index (κ1) is 18.2. The van der Waals surface area contributed by atoms with Gasteiger partial charge in [0.25, 0.3) is 0 Å². The van der Waals surface area contributed by atoms with E-state index in [0.29, 0.717) is 0 Å². The second-order valence-corrected chi connectivity index (χ2v) is 8.64. The molecule has 5 nitrogen and oxygen atoms in total. The second kappa shape index (κ2) is 6.96. The zero-order valence-corrected chi connectivity index (χ0v) is 15.3. The Bertz CT molecular complexity index is 882. The number of hydrogen-bond acceptors (Lipinski definition) is 3. The lowest BCUT2D eigenvalue weighted by molar-refractivity contribution is -0.140. The number of sulfonamides is 1. The van der Waals surface area contributed by atoms with Gasteiger partial charge in [-0.25, -0.2) is 8.42 Å². The highest BCUT2D eigenvalue weighted by atomic mass is 35.5. The first-order valence-corrected chi connectivity index (χ1v) is 9.74. The van der Waals surface area contributed by atoms with E-state index in [-0.39, 0.29) is 33.8 Å². The van der Waals surface area contributed by atoms with Gasteiger partial charge in [-0.05, 0) is 36.1 Å². The standard InChI is InChI=1S/C17H15Cl2NO4S/c18-13-7-14(19)9-15(8-13)25(23,24)20-10-12(6-16(20)17(21)22)11-4-2-1-3-5-11/h1-5,7-9,12,16H,6,10H2,(H,21,22). The number of aliphatic carboxylic acids is 1. The van der Waals surface area contributed by atoms with Crippen molar-refractivity contribution in [1.29, 1.82) is 0 Å². The zero-order valence-electron chi connectivity index (χ0n) is 13.0. The maximum absolute atomic E-state index is 13.0. The summed E-state index contributed by atoms with van der Waals surface area (Å²) in [7, 11) is -4.04. The molecule has 1 fully saturated rings. The Kier molecular flexibility index (Phi) is 5.06. The van der Waals surface area contributed by atoms with Gasteiger partial charge in [0.15, 0.2) is 0 Å². The van der Waals surface area contributed by atoms with Crippen molar-refractivity contribution in [3.05, 3.63) is 64.1 Å². The van der Waals surface area contributed by atoms with Crippen molar-refractivity contribution in [2.75, 3.05) is 6.54 Å². The third-order valence-electron chi connectivity index (χ3n) is 4.25. The molecule has 1 saturated heterocycles. The molecule has 8 heteroatoms. The maximum atomic E-state index is 13.0. The van der Waals surface area contributed by atoms with Gasteiger partial charge < -0.3 is 5.11 Å². The number of rotatable bonds is 4. The molecule has 0 saturated carbocycles. The van der Waals surface area contributed by atoms with Crippen LogP contribution in [-0.4, -0.2) is 36.4 Å². The van der Waals surface area contributed by atoms with E-state index in [4.69, 9.17) is 23.2 Å². The van der Waals surface area contributed by atoms with Gasteiger partial charge in [-0.2, -0.15) is 4.31 Å². The van der Waals surface area contributed by atoms with Crippen LogP contribution in [0.15, 0.2) is 53.4 Å². The fourth-order valence-corrected chi connectivity index (χ4v) is 5.44. The molecule has 1 aliphatic heterocycles. The smallest absolute Gasteiger partial charge is 0.322 e. The highest BCUT2D eigenvalue weighted by molar-refractivity contribution is 7.89. The molecular formula is C17H15Cl2NO4S. The topological polar surface area (TPSA) is 74.7 Å². The van der Waals surface area contributed by atoms with Crippen LogP contribution < -0.4 is 0 Å². The molecule has 0 aromatic heterocycles. The van der Waals surface area contributed by atoms with Crippen LogP contribution in [-0.2, 0) is 14.8 Å². The van der Waals surface area contributed by atoms with Crippen molar-refractivity contribution < 1.29 is 18.3 Å². The maximum Gasteiger partial charge on any atom is 0.322 e. The minimum atomic E-state index is -4.04. The summed E-state index contributed by atoms with van der Waals surface area (Å²) in [6.07, 6.45) is 0.215. The summed E-state index contributed by atoms with van der Waals surface area (Å²) in [5.41, 5.74) is 0.913. The van der Waals surface area contributed by atoms with E-state index in [0.717, 1.165) is 9.87 Å². The van der Waals surface area contributed by atoms with Gasteiger partial charge in [0.05, 0.1) is 4.90 Å². The van der Waals surface area contributed by atoms with Crippen LogP contribution in [0.3, 0.4) is 0 Å². The number of carbonyl (C=O) groups is 1. The van der Waals surface area contributed by atoms with Crippen LogP contribution >= 0.6 is 23.2 Å². The molecule has 3 rings (SSSR count). The Balaban J connectivity index is 1.99. The van der Waals surface area contributed by atoms with E-state index in [2.05, 4.69) is 0 Å². The molecule has 0 aliphatic carbocycles. The predicted octanol–water partition coefficient (Wildman–Crippen LogP) is 3.62. The van der Waals surface area contributed by atoms with Crippen LogP contribution in [0, 0.1) is 0 Å². The van der Waals surface area contributed by atoms with E-state index in [9.17, 15) is 18.3 Å². The summed E-state index contributed by atoms with van der Waals surface area (Å²) in [5.74, 6) is -1.36. The molecular weight excluding hydrogens is 385 g/mol. The van der Waals surface area contributed by atoms with Gasteiger partial charge in [-0.1, -0.05) is 53.5 Å². The van der Waals surface area contributed by atoms with Gasteiger partial charge >= 0.3 is 5.97 Å². The highest BCUT2D eigenvalue weighted by Gasteiger charge is 2.44. The number of hydrogen-bond donors (Lipinski definition) is 1. The summed E-state index contributed by atoms with van der Waals surface area (Å²) in [5, 5.41) is 9.86. The van der Waals surface area contributed by atoms with Crippen molar-refractivity contribution in [3.8, 4) is 0 Å². The molecule has 0 radical (unpaired) electrons. The van der Waals surface area contributed by atoms with Crippen molar-refractivity contribution in [1.82, 2.24) is 4.31 Å². The number of carboxylic acids is 1. The zero-order chi connectivity index (χ0) is 18.2. The Hall–Kier alpha value is -1.60. The fraction of sp³-hybridized carbons (Fsp3) is 0.235. The molecule has 1 aliphatic rings. The van der Waals surface area contributed by atoms with Crippen molar-refractivity contribution >= 4 is 39.2 Å². The van der Waals surface area contributed by atoms with Gasteiger partial charge in [-0.15, -0.1) is 0 Å². The van der Waals surface area contributed by atoms with E-state index < -0.39 is 22.0 Å². The highest BCUT2D eigenvalue weighted by Crippen LogP contribution is 2.36. The molecule has 0 spiro atoms. The number of benzene rings is 2. The summed E-state index contributed by atoms with van der Waals surface area (Å²) in [4.78, 5) is 11.5. The molecule has 2 aromatic carbocycles. The molecule has 0 bridgehead atoms. The predicted molar refractivity (Wildman–Crippen MR) is 95.6 cm³/mol. The molecule has 2 unspecified atom stereocenters. The van der Waals surface area contributed by atoms with Crippen molar-refractivity contribution in [3.63, 3.8) is 0 Å². The number of carboxylic acid groups (broad SMARTS) is 1. The van der Waals surface area contributed by atoms with Gasteiger partial charge in [-0.3, -0.25) is 4.79 Å². The lowest BCUT2D eigenvalue weighted by Gasteiger charge is -2.21. The second-order valence-electron chi connectivity index (χ2n) is 5.88. The minimum absolute atomic E-state index is 0.0907. The first-order chi connectivity index (χ1) is 11.8. The summed E-state index contributed by atoms with van der Waals surface area (Å²) >= 11 is 11.8. The molecule has 2 atom stereocenters. The van der Waals surface area contributed by atoms with E-state index in [1.165, 1.54) is 18.2 Å². The Morgan fingerprint density at radius 1 is 1.08 bits per heavy atom. The molecule has 0 amide bonds. The van der Waals surface area contributed by atoms with Crippen molar-refractivity contribution in [2.45, 2.75) is 23.3 Å². The molecule has 25 heavy (non-hydrogen) atoms. The quantitative estimate of drug-likeness (QED) is 0.851. The van der Waals surface area contributed by atoms with Gasteiger partial charge in [0.2, 0.25) is 10.0 Å². The van der Waals surface area contributed by atoms with Crippen molar-refractivity contribution in [2.24, 2.45) is 0 Å². The SMILES string of the molecule is O=C(O)C1CC(c2ccccc2)CN1S(=O)(=O)c1cc(Cl)cc(Cl)c1. The third-order valence-corrected chi connectivity index (χ3v) is 6.54. The molecule has 1 N–H and O–H groups in total. The monoisotopic (exact) mass is 399 g/mol. The summed E-state index contributed by atoms with van der Waals surface area (Å²) < 4.78 is 27.0. The largest absolute Gasteiger partial charge is 0.480 e. The fourth-order valence-electron chi connectivity index (χ4n) is 3.08.